The van der Waals surface area contributed by atoms with Crippen LogP contribution in [-0.4, -0.2) is 6.04 Å². The zero-order valence-corrected chi connectivity index (χ0v) is 12.0. The van der Waals surface area contributed by atoms with Gasteiger partial charge in [0.15, 0.2) is 0 Å². The molecule has 0 radical (unpaired) electrons. The van der Waals surface area contributed by atoms with E-state index in [-0.39, 0.29) is 0 Å². The van der Waals surface area contributed by atoms with Gasteiger partial charge in [-0.05, 0) is 48.5 Å². The number of rotatable bonds is 3. The molecule has 1 aromatic carbocycles. The molecule has 18 heavy (non-hydrogen) atoms. The summed E-state index contributed by atoms with van der Waals surface area (Å²) < 4.78 is 0. The Hall–Kier alpha value is -0.820. The summed E-state index contributed by atoms with van der Waals surface area (Å²) in [6.45, 7) is 7.04. The first-order chi connectivity index (χ1) is 8.58. The van der Waals surface area contributed by atoms with Crippen molar-refractivity contribution in [2.75, 3.05) is 0 Å². The molecule has 0 bridgehead atoms. The fourth-order valence-electron chi connectivity index (χ4n) is 3.71. The summed E-state index contributed by atoms with van der Waals surface area (Å²) in [5.41, 5.74) is 7.93. The van der Waals surface area contributed by atoms with Gasteiger partial charge in [0, 0.05) is 6.04 Å². The minimum atomic E-state index is 0.303. The van der Waals surface area contributed by atoms with Crippen molar-refractivity contribution in [2.24, 2.45) is 23.5 Å². The van der Waals surface area contributed by atoms with E-state index in [9.17, 15) is 0 Å². The third-order valence-corrected chi connectivity index (χ3v) is 4.66. The van der Waals surface area contributed by atoms with E-state index in [1.807, 2.05) is 0 Å². The van der Waals surface area contributed by atoms with Crippen LogP contribution in [0.2, 0.25) is 0 Å². The highest BCUT2D eigenvalue weighted by Gasteiger charge is 2.31. The van der Waals surface area contributed by atoms with Crippen LogP contribution in [0.4, 0.5) is 0 Å². The molecule has 4 unspecified atom stereocenters. The molecule has 0 saturated heterocycles. The predicted molar refractivity (Wildman–Crippen MR) is 78.5 cm³/mol. The van der Waals surface area contributed by atoms with Gasteiger partial charge in [0.1, 0.15) is 0 Å². The van der Waals surface area contributed by atoms with E-state index in [1.165, 1.54) is 24.8 Å². The summed E-state index contributed by atoms with van der Waals surface area (Å²) >= 11 is 0. The Morgan fingerprint density at radius 3 is 2.11 bits per heavy atom. The van der Waals surface area contributed by atoms with Gasteiger partial charge < -0.3 is 5.73 Å². The maximum absolute atomic E-state index is 6.55. The van der Waals surface area contributed by atoms with Crippen molar-refractivity contribution in [3.8, 4) is 0 Å². The summed E-state index contributed by atoms with van der Waals surface area (Å²) in [5, 5.41) is 0. The zero-order chi connectivity index (χ0) is 13.1. The van der Waals surface area contributed by atoms with Gasteiger partial charge in [-0.2, -0.15) is 0 Å². The molecule has 0 aliphatic heterocycles. The first-order valence-corrected chi connectivity index (χ1v) is 7.38. The molecule has 0 heterocycles. The Balaban J connectivity index is 2.04. The number of hydrogen-bond donors (Lipinski definition) is 1. The average molecular weight is 245 g/mol. The van der Waals surface area contributed by atoms with E-state index in [0.29, 0.717) is 17.9 Å². The quantitative estimate of drug-likeness (QED) is 0.849. The summed E-state index contributed by atoms with van der Waals surface area (Å²) in [6.07, 6.45) is 3.99. The second kappa shape index (κ2) is 5.88. The van der Waals surface area contributed by atoms with Crippen molar-refractivity contribution in [3.05, 3.63) is 35.9 Å². The van der Waals surface area contributed by atoms with Crippen molar-refractivity contribution >= 4 is 0 Å². The van der Waals surface area contributed by atoms with Gasteiger partial charge in [-0.15, -0.1) is 0 Å². The fourth-order valence-corrected chi connectivity index (χ4v) is 3.71. The van der Waals surface area contributed by atoms with Gasteiger partial charge in [0.2, 0.25) is 0 Å². The van der Waals surface area contributed by atoms with E-state index in [1.54, 1.807) is 0 Å². The van der Waals surface area contributed by atoms with Crippen LogP contribution in [0.25, 0.3) is 0 Å². The van der Waals surface area contributed by atoms with Crippen LogP contribution >= 0.6 is 0 Å². The largest absolute Gasteiger partial charge is 0.327 e. The SMILES string of the molecule is CC1CC(C)CC(C(N)C(C)c2ccccc2)C1. The number of benzene rings is 1. The molecule has 4 atom stereocenters. The lowest BCUT2D eigenvalue weighted by atomic mass is 9.71. The highest BCUT2D eigenvalue weighted by atomic mass is 14.7. The van der Waals surface area contributed by atoms with Gasteiger partial charge in [-0.3, -0.25) is 0 Å². The Morgan fingerprint density at radius 2 is 1.56 bits per heavy atom. The molecule has 0 aromatic heterocycles. The molecule has 100 valence electrons. The Morgan fingerprint density at radius 1 is 1.00 bits per heavy atom. The first-order valence-electron chi connectivity index (χ1n) is 7.38. The molecule has 1 aromatic rings. The highest BCUT2D eigenvalue weighted by Crippen LogP contribution is 2.37. The average Bonchev–Trinajstić information content (AvgIpc) is 2.37. The minimum absolute atomic E-state index is 0.303. The van der Waals surface area contributed by atoms with Crippen LogP contribution < -0.4 is 5.73 Å². The lowest BCUT2D eigenvalue weighted by molar-refractivity contribution is 0.183. The fraction of sp³-hybridized carbons (Fsp3) is 0.647. The highest BCUT2D eigenvalue weighted by molar-refractivity contribution is 5.20. The molecule has 2 rings (SSSR count). The smallest absolute Gasteiger partial charge is 0.0134 e. The van der Waals surface area contributed by atoms with Crippen LogP contribution in [0.5, 0.6) is 0 Å². The van der Waals surface area contributed by atoms with Crippen LogP contribution in [0.3, 0.4) is 0 Å². The lowest BCUT2D eigenvalue weighted by Crippen LogP contribution is -2.39. The van der Waals surface area contributed by atoms with Gasteiger partial charge in [0.25, 0.3) is 0 Å². The van der Waals surface area contributed by atoms with Gasteiger partial charge >= 0.3 is 0 Å². The van der Waals surface area contributed by atoms with Crippen molar-refractivity contribution in [1.82, 2.24) is 0 Å². The molecule has 0 spiro atoms. The van der Waals surface area contributed by atoms with Crippen molar-refractivity contribution in [2.45, 2.75) is 52.0 Å². The van der Waals surface area contributed by atoms with Gasteiger partial charge in [-0.1, -0.05) is 51.1 Å². The standard InChI is InChI=1S/C17H27N/c1-12-9-13(2)11-16(10-12)17(18)14(3)15-7-5-4-6-8-15/h4-8,12-14,16-17H,9-11,18H2,1-3H3. The summed E-state index contributed by atoms with van der Waals surface area (Å²) in [4.78, 5) is 0. The van der Waals surface area contributed by atoms with E-state index in [4.69, 9.17) is 5.73 Å². The van der Waals surface area contributed by atoms with Crippen molar-refractivity contribution < 1.29 is 0 Å². The number of nitrogens with two attached hydrogens (primary N) is 1. The minimum Gasteiger partial charge on any atom is -0.327 e. The lowest BCUT2D eigenvalue weighted by Gasteiger charge is -2.37. The molecule has 0 amide bonds. The van der Waals surface area contributed by atoms with Gasteiger partial charge in [0.05, 0.1) is 0 Å². The second-order valence-electron chi connectivity index (χ2n) is 6.45. The maximum Gasteiger partial charge on any atom is 0.0134 e. The van der Waals surface area contributed by atoms with E-state index in [2.05, 4.69) is 51.1 Å². The van der Waals surface area contributed by atoms with Crippen LogP contribution in [-0.2, 0) is 0 Å². The zero-order valence-electron chi connectivity index (χ0n) is 12.0. The Labute approximate surface area is 112 Å². The first kappa shape index (κ1) is 13.6. The monoisotopic (exact) mass is 245 g/mol. The molecule has 2 N–H and O–H groups in total. The summed E-state index contributed by atoms with van der Waals surface area (Å²) in [7, 11) is 0. The van der Waals surface area contributed by atoms with Crippen molar-refractivity contribution in [1.29, 1.82) is 0 Å². The molecular weight excluding hydrogens is 218 g/mol. The normalized spacial score (nSPS) is 31.9. The molecule has 1 aliphatic carbocycles. The van der Waals surface area contributed by atoms with Crippen LogP contribution in [0, 0.1) is 17.8 Å². The van der Waals surface area contributed by atoms with E-state index < -0.39 is 0 Å². The summed E-state index contributed by atoms with van der Waals surface area (Å²) in [6, 6.07) is 11.0. The molecule has 1 saturated carbocycles. The van der Waals surface area contributed by atoms with E-state index in [0.717, 1.165) is 11.8 Å². The molecule has 1 aliphatic rings. The topological polar surface area (TPSA) is 26.0 Å². The number of hydrogen-bond acceptors (Lipinski definition) is 1. The Bertz CT molecular complexity index is 349. The third kappa shape index (κ3) is 3.14. The van der Waals surface area contributed by atoms with Crippen LogP contribution in [0.1, 0.15) is 51.5 Å². The molecule has 1 heteroatoms. The van der Waals surface area contributed by atoms with Crippen LogP contribution in [0.15, 0.2) is 30.3 Å². The molecule has 1 fully saturated rings. The molecular formula is C17H27N. The summed E-state index contributed by atoms with van der Waals surface area (Å²) in [5.74, 6) is 2.84. The molecule has 1 nitrogen and oxygen atoms in total. The van der Waals surface area contributed by atoms with Gasteiger partial charge in [-0.25, -0.2) is 0 Å². The Kier molecular flexibility index (Phi) is 4.45. The maximum atomic E-state index is 6.55. The second-order valence-corrected chi connectivity index (χ2v) is 6.45. The predicted octanol–water partition coefficient (Wildman–Crippen LogP) is 4.19. The third-order valence-electron chi connectivity index (χ3n) is 4.66. The van der Waals surface area contributed by atoms with E-state index >= 15 is 0 Å². The van der Waals surface area contributed by atoms with Crippen molar-refractivity contribution in [3.63, 3.8) is 0 Å².